The topological polar surface area (TPSA) is 50.2 Å². The van der Waals surface area contributed by atoms with Crippen molar-refractivity contribution in [3.8, 4) is 0 Å². The minimum absolute atomic E-state index is 0.0151. The molecule has 3 nitrogen and oxygen atoms in total. The van der Waals surface area contributed by atoms with Crippen LogP contribution in [0.1, 0.15) is 18.9 Å². The van der Waals surface area contributed by atoms with Crippen LogP contribution in [0.4, 0.5) is 4.39 Å². The van der Waals surface area contributed by atoms with Gasteiger partial charge in [-0.25, -0.2) is 4.39 Å². The van der Waals surface area contributed by atoms with Crippen molar-refractivity contribution in [2.24, 2.45) is 0 Å². The zero-order chi connectivity index (χ0) is 13.8. The number of carboxylic acids is 1. The lowest BCUT2D eigenvalue weighted by Crippen LogP contribution is -2.06. The summed E-state index contributed by atoms with van der Waals surface area (Å²) in [5, 5.41) is 9.24. The van der Waals surface area contributed by atoms with Crippen LogP contribution in [0.5, 0.6) is 0 Å². The van der Waals surface area contributed by atoms with Gasteiger partial charge in [-0.2, -0.15) is 11.8 Å². The maximum absolute atomic E-state index is 13.6. The molecule has 1 unspecified atom stereocenters. The molecule has 0 bridgehead atoms. The van der Waals surface area contributed by atoms with E-state index in [2.05, 4.69) is 4.98 Å². The van der Waals surface area contributed by atoms with E-state index in [1.165, 1.54) is 17.8 Å². The lowest BCUT2D eigenvalue weighted by atomic mass is 10.1. The second-order valence-electron chi connectivity index (χ2n) is 4.33. The van der Waals surface area contributed by atoms with Gasteiger partial charge in [0.1, 0.15) is 5.82 Å². The number of hydrogen-bond acceptors (Lipinski definition) is 3. The molecule has 0 aliphatic rings. The van der Waals surface area contributed by atoms with Crippen molar-refractivity contribution in [2.45, 2.75) is 24.3 Å². The number of pyridine rings is 1. The monoisotopic (exact) mass is 279 g/mol. The van der Waals surface area contributed by atoms with Crippen LogP contribution in [0.25, 0.3) is 10.9 Å². The highest BCUT2D eigenvalue weighted by Crippen LogP contribution is 2.26. The number of benzene rings is 1. The zero-order valence-electron chi connectivity index (χ0n) is 10.5. The first-order valence-electron chi connectivity index (χ1n) is 5.93. The summed E-state index contributed by atoms with van der Waals surface area (Å²) >= 11 is 1.54. The molecule has 5 heteroatoms. The van der Waals surface area contributed by atoms with Crippen molar-refractivity contribution in [2.75, 3.05) is 0 Å². The first-order chi connectivity index (χ1) is 9.08. The summed E-state index contributed by atoms with van der Waals surface area (Å²) in [6, 6.07) is 6.55. The third-order valence-electron chi connectivity index (χ3n) is 2.79. The Morgan fingerprint density at radius 1 is 1.47 bits per heavy atom. The highest BCUT2D eigenvalue weighted by molar-refractivity contribution is 7.99. The SMILES string of the molecule is CC(CC(=O)O)SCc1ccc(F)c2cccnc12. The maximum Gasteiger partial charge on any atom is 0.304 e. The second-order valence-corrected chi connectivity index (χ2v) is 5.75. The third-order valence-corrected chi connectivity index (χ3v) is 4.00. The van der Waals surface area contributed by atoms with Crippen molar-refractivity contribution in [1.82, 2.24) is 4.98 Å². The van der Waals surface area contributed by atoms with Gasteiger partial charge in [0.15, 0.2) is 0 Å². The van der Waals surface area contributed by atoms with Crippen molar-refractivity contribution >= 4 is 28.6 Å². The van der Waals surface area contributed by atoms with Gasteiger partial charge >= 0.3 is 5.97 Å². The standard InChI is InChI=1S/C14H14FNO2S/c1-9(7-13(17)18)19-8-10-4-5-12(15)11-3-2-6-16-14(10)11/h2-6,9H,7-8H2,1H3,(H,17,18). The first kappa shape index (κ1) is 13.8. The fourth-order valence-electron chi connectivity index (χ4n) is 1.85. The molecule has 0 fully saturated rings. The summed E-state index contributed by atoms with van der Waals surface area (Å²) in [6.07, 6.45) is 1.76. The molecule has 2 rings (SSSR count). The van der Waals surface area contributed by atoms with Gasteiger partial charge in [-0.1, -0.05) is 13.0 Å². The van der Waals surface area contributed by atoms with Crippen molar-refractivity contribution in [1.29, 1.82) is 0 Å². The number of nitrogens with zero attached hydrogens (tertiary/aromatic N) is 1. The van der Waals surface area contributed by atoms with E-state index in [-0.39, 0.29) is 17.5 Å². The molecular formula is C14H14FNO2S. The predicted octanol–water partition coefficient (Wildman–Crippen LogP) is 3.47. The van der Waals surface area contributed by atoms with Gasteiger partial charge in [0.05, 0.1) is 11.9 Å². The largest absolute Gasteiger partial charge is 0.481 e. The number of hydrogen-bond donors (Lipinski definition) is 1. The third kappa shape index (κ3) is 3.44. The highest BCUT2D eigenvalue weighted by atomic mass is 32.2. The van der Waals surface area contributed by atoms with Crippen LogP contribution in [0.3, 0.4) is 0 Å². The van der Waals surface area contributed by atoms with Crippen LogP contribution < -0.4 is 0 Å². The van der Waals surface area contributed by atoms with E-state index < -0.39 is 5.97 Å². The Kier molecular flexibility index (Phi) is 4.37. The number of halogens is 1. The van der Waals surface area contributed by atoms with E-state index >= 15 is 0 Å². The number of carboxylic acid groups (broad SMARTS) is 1. The van der Waals surface area contributed by atoms with Crippen LogP contribution >= 0.6 is 11.8 Å². The van der Waals surface area contributed by atoms with Gasteiger partial charge in [-0.05, 0) is 23.8 Å². The summed E-state index contributed by atoms with van der Waals surface area (Å²) in [5.74, 6) is -0.458. The Balaban J connectivity index is 2.17. The Morgan fingerprint density at radius 2 is 2.26 bits per heavy atom. The minimum Gasteiger partial charge on any atom is -0.481 e. The van der Waals surface area contributed by atoms with Gasteiger partial charge < -0.3 is 5.11 Å². The molecule has 0 radical (unpaired) electrons. The predicted molar refractivity (Wildman–Crippen MR) is 74.7 cm³/mol. The van der Waals surface area contributed by atoms with Crippen LogP contribution in [-0.2, 0) is 10.5 Å². The van der Waals surface area contributed by atoms with Crippen LogP contribution in [0.15, 0.2) is 30.5 Å². The fraction of sp³-hybridized carbons (Fsp3) is 0.286. The Labute approximate surface area is 114 Å². The molecule has 0 aliphatic heterocycles. The van der Waals surface area contributed by atoms with Crippen LogP contribution in [0.2, 0.25) is 0 Å². The van der Waals surface area contributed by atoms with E-state index in [0.717, 1.165) is 5.56 Å². The molecule has 0 amide bonds. The number of fused-ring (bicyclic) bond motifs is 1. The summed E-state index contributed by atoms with van der Waals surface area (Å²) < 4.78 is 13.6. The van der Waals surface area contributed by atoms with Crippen LogP contribution in [0, 0.1) is 5.82 Å². The summed E-state index contributed by atoms with van der Waals surface area (Å²) in [4.78, 5) is 14.8. The Bertz CT molecular complexity index is 603. The molecule has 100 valence electrons. The molecule has 0 saturated heterocycles. The Morgan fingerprint density at radius 3 is 3.00 bits per heavy atom. The van der Waals surface area contributed by atoms with Crippen molar-refractivity contribution in [3.05, 3.63) is 41.8 Å². The minimum atomic E-state index is -0.804. The zero-order valence-corrected chi connectivity index (χ0v) is 11.3. The average Bonchev–Trinajstić information content (AvgIpc) is 2.37. The molecule has 1 atom stereocenters. The first-order valence-corrected chi connectivity index (χ1v) is 6.98. The second kappa shape index (κ2) is 6.02. The summed E-state index contributed by atoms with van der Waals surface area (Å²) in [6.45, 7) is 1.87. The molecule has 19 heavy (non-hydrogen) atoms. The molecule has 0 spiro atoms. The van der Waals surface area contributed by atoms with E-state index in [0.29, 0.717) is 16.7 Å². The molecule has 2 aromatic rings. The fourth-order valence-corrected chi connectivity index (χ4v) is 2.81. The van der Waals surface area contributed by atoms with Gasteiger partial charge in [0.2, 0.25) is 0 Å². The molecule has 0 aliphatic carbocycles. The van der Waals surface area contributed by atoms with Crippen molar-refractivity contribution in [3.63, 3.8) is 0 Å². The molecule has 1 aromatic carbocycles. The maximum atomic E-state index is 13.6. The molecular weight excluding hydrogens is 265 g/mol. The Hall–Kier alpha value is -1.62. The smallest absolute Gasteiger partial charge is 0.304 e. The van der Waals surface area contributed by atoms with E-state index in [9.17, 15) is 9.18 Å². The quantitative estimate of drug-likeness (QED) is 0.910. The van der Waals surface area contributed by atoms with E-state index in [1.54, 1.807) is 24.4 Å². The molecule has 1 N–H and O–H groups in total. The van der Waals surface area contributed by atoms with E-state index in [4.69, 9.17) is 5.11 Å². The summed E-state index contributed by atoms with van der Waals surface area (Å²) in [7, 11) is 0. The van der Waals surface area contributed by atoms with Crippen LogP contribution in [-0.4, -0.2) is 21.3 Å². The lowest BCUT2D eigenvalue weighted by Gasteiger charge is -2.10. The van der Waals surface area contributed by atoms with Gasteiger partial charge in [-0.3, -0.25) is 9.78 Å². The molecule has 1 heterocycles. The number of aliphatic carboxylic acids is 1. The number of thioether (sulfide) groups is 1. The molecule has 0 saturated carbocycles. The van der Waals surface area contributed by atoms with E-state index in [1.807, 2.05) is 6.92 Å². The highest BCUT2D eigenvalue weighted by Gasteiger charge is 2.11. The van der Waals surface area contributed by atoms with Gasteiger partial charge in [0, 0.05) is 22.6 Å². The number of aromatic nitrogens is 1. The summed E-state index contributed by atoms with van der Waals surface area (Å²) in [5.41, 5.74) is 1.58. The average molecular weight is 279 g/mol. The van der Waals surface area contributed by atoms with Gasteiger partial charge in [-0.15, -0.1) is 0 Å². The number of carbonyl (C=O) groups is 1. The lowest BCUT2D eigenvalue weighted by molar-refractivity contribution is -0.136. The van der Waals surface area contributed by atoms with Gasteiger partial charge in [0.25, 0.3) is 0 Å². The van der Waals surface area contributed by atoms with Crippen molar-refractivity contribution < 1.29 is 14.3 Å². The number of rotatable bonds is 5. The normalized spacial score (nSPS) is 12.5. The molecule has 1 aromatic heterocycles.